The van der Waals surface area contributed by atoms with Gasteiger partial charge in [0.2, 0.25) is 10.0 Å². The van der Waals surface area contributed by atoms with E-state index in [4.69, 9.17) is 9.47 Å². The zero-order valence-electron chi connectivity index (χ0n) is 17.9. The molecule has 1 amide bonds. The van der Waals surface area contributed by atoms with Crippen LogP contribution >= 0.6 is 0 Å². The molecule has 168 valence electrons. The molecule has 0 aliphatic carbocycles. The standard InChI is InChI=1S/C23H30N2O5S/c1-2-16-30-22-8-4-3-6-19(22)7-5-13-24-23(26)20-9-11-21(12-10-20)31(27,28)25-14-17-29-18-15-25/h3-4,6,8-12H,2,5,7,13-18H2,1H3,(H,24,26). The number of aryl methyl sites for hydroxylation is 1. The number of rotatable bonds is 10. The summed E-state index contributed by atoms with van der Waals surface area (Å²) in [6.45, 7) is 4.76. The highest BCUT2D eigenvalue weighted by Crippen LogP contribution is 2.20. The fourth-order valence-electron chi connectivity index (χ4n) is 3.36. The number of hydrogen-bond donors (Lipinski definition) is 1. The smallest absolute Gasteiger partial charge is 0.251 e. The molecule has 0 unspecified atom stereocenters. The molecule has 1 fully saturated rings. The molecule has 1 heterocycles. The summed E-state index contributed by atoms with van der Waals surface area (Å²) in [4.78, 5) is 12.6. The van der Waals surface area contributed by atoms with Crippen molar-refractivity contribution in [3.05, 3.63) is 59.7 Å². The van der Waals surface area contributed by atoms with Crippen LogP contribution in [0.15, 0.2) is 53.4 Å². The Morgan fingerprint density at radius 2 is 1.81 bits per heavy atom. The Morgan fingerprint density at radius 1 is 1.10 bits per heavy atom. The van der Waals surface area contributed by atoms with E-state index >= 15 is 0 Å². The molecular formula is C23H30N2O5S. The number of sulfonamides is 1. The second kappa shape index (κ2) is 11.3. The first-order valence-corrected chi connectivity index (χ1v) is 12.1. The SMILES string of the molecule is CCCOc1ccccc1CCCNC(=O)c1ccc(S(=O)(=O)N2CCOCC2)cc1. The van der Waals surface area contributed by atoms with Gasteiger partial charge in [-0.3, -0.25) is 4.79 Å². The van der Waals surface area contributed by atoms with Crippen LogP contribution in [-0.4, -0.2) is 58.1 Å². The lowest BCUT2D eigenvalue weighted by Crippen LogP contribution is -2.40. The Balaban J connectivity index is 1.50. The molecule has 0 atom stereocenters. The fourth-order valence-corrected chi connectivity index (χ4v) is 4.77. The highest BCUT2D eigenvalue weighted by molar-refractivity contribution is 7.89. The summed E-state index contributed by atoms with van der Waals surface area (Å²) in [5, 5.41) is 2.90. The van der Waals surface area contributed by atoms with Crippen molar-refractivity contribution in [2.24, 2.45) is 0 Å². The molecule has 2 aromatic rings. The van der Waals surface area contributed by atoms with Gasteiger partial charge >= 0.3 is 0 Å². The van der Waals surface area contributed by atoms with Gasteiger partial charge in [-0.15, -0.1) is 0 Å². The molecule has 1 N–H and O–H groups in total. The molecule has 3 rings (SSSR count). The molecule has 0 radical (unpaired) electrons. The second-order valence-corrected chi connectivity index (χ2v) is 9.29. The molecule has 0 bridgehead atoms. The summed E-state index contributed by atoms with van der Waals surface area (Å²) in [5.74, 6) is 0.679. The second-order valence-electron chi connectivity index (χ2n) is 7.36. The van der Waals surface area contributed by atoms with Crippen molar-refractivity contribution in [1.29, 1.82) is 0 Å². The third-order valence-electron chi connectivity index (χ3n) is 5.07. The van der Waals surface area contributed by atoms with Gasteiger partial charge in [-0.05, 0) is 55.2 Å². The minimum atomic E-state index is -3.56. The van der Waals surface area contributed by atoms with Crippen molar-refractivity contribution >= 4 is 15.9 Å². The summed E-state index contributed by atoms with van der Waals surface area (Å²) in [6, 6.07) is 14.0. The largest absolute Gasteiger partial charge is 0.493 e. The number of nitrogens with zero attached hydrogens (tertiary/aromatic N) is 1. The maximum Gasteiger partial charge on any atom is 0.251 e. The minimum absolute atomic E-state index is 0.189. The van der Waals surface area contributed by atoms with Crippen LogP contribution in [0.25, 0.3) is 0 Å². The molecule has 8 heteroatoms. The molecule has 0 spiro atoms. The highest BCUT2D eigenvalue weighted by Gasteiger charge is 2.26. The average Bonchev–Trinajstić information content (AvgIpc) is 2.81. The van der Waals surface area contributed by atoms with Crippen LogP contribution in [0.5, 0.6) is 5.75 Å². The first kappa shape index (κ1) is 23.2. The molecule has 31 heavy (non-hydrogen) atoms. The number of morpholine rings is 1. The summed E-state index contributed by atoms with van der Waals surface area (Å²) in [7, 11) is -3.56. The van der Waals surface area contributed by atoms with Crippen LogP contribution in [0, 0.1) is 0 Å². The summed E-state index contributed by atoms with van der Waals surface area (Å²) in [6.07, 6.45) is 2.54. The predicted octanol–water partition coefficient (Wildman–Crippen LogP) is 2.86. The number of hydrogen-bond acceptors (Lipinski definition) is 5. The zero-order valence-corrected chi connectivity index (χ0v) is 18.7. The number of carbonyl (C=O) groups excluding carboxylic acids is 1. The van der Waals surface area contributed by atoms with Gasteiger partial charge in [0.25, 0.3) is 5.91 Å². The monoisotopic (exact) mass is 446 g/mol. The molecule has 1 aliphatic rings. The Kier molecular flexibility index (Phi) is 8.45. The summed E-state index contributed by atoms with van der Waals surface area (Å²) in [5.41, 5.74) is 1.57. The number of ether oxygens (including phenoxy) is 2. The van der Waals surface area contributed by atoms with Crippen molar-refractivity contribution in [2.75, 3.05) is 39.5 Å². The number of carbonyl (C=O) groups is 1. The van der Waals surface area contributed by atoms with Gasteiger partial charge in [-0.25, -0.2) is 8.42 Å². The maximum atomic E-state index is 12.7. The van der Waals surface area contributed by atoms with E-state index in [9.17, 15) is 13.2 Å². The average molecular weight is 447 g/mol. The molecular weight excluding hydrogens is 416 g/mol. The van der Waals surface area contributed by atoms with Crippen molar-refractivity contribution in [3.63, 3.8) is 0 Å². The molecule has 7 nitrogen and oxygen atoms in total. The third-order valence-corrected chi connectivity index (χ3v) is 6.98. The van der Waals surface area contributed by atoms with Crippen molar-refractivity contribution in [1.82, 2.24) is 9.62 Å². The van der Waals surface area contributed by atoms with Gasteiger partial charge in [-0.2, -0.15) is 4.31 Å². The van der Waals surface area contributed by atoms with E-state index < -0.39 is 10.0 Å². The minimum Gasteiger partial charge on any atom is -0.493 e. The molecule has 0 saturated carbocycles. The highest BCUT2D eigenvalue weighted by atomic mass is 32.2. The van der Waals surface area contributed by atoms with Crippen LogP contribution in [0.4, 0.5) is 0 Å². The number of benzene rings is 2. The summed E-state index contributed by atoms with van der Waals surface area (Å²) < 4.78 is 37.7. The Bertz CT molecular complexity index is 954. The normalized spacial score (nSPS) is 14.9. The number of nitrogens with one attached hydrogen (secondary N) is 1. The lowest BCUT2D eigenvalue weighted by atomic mass is 10.1. The van der Waals surface area contributed by atoms with Crippen molar-refractivity contribution < 1.29 is 22.7 Å². The van der Waals surface area contributed by atoms with Crippen LogP contribution in [0.2, 0.25) is 0 Å². The van der Waals surface area contributed by atoms with E-state index in [1.165, 1.54) is 16.4 Å². The van der Waals surface area contributed by atoms with E-state index in [1.807, 2.05) is 24.3 Å². The third kappa shape index (κ3) is 6.29. The van der Waals surface area contributed by atoms with Gasteiger partial charge in [0.15, 0.2) is 0 Å². The Hall–Kier alpha value is -2.42. The van der Waals surface area contributed by atoms with Crippen molar-refractivity contribution in [3.8, 4) is 5.75 Å². The van der Waals surface area contributed by atoms with Gasteiger partial charge in [-0.1, -0.05) is 25.1 Å². The Labute approximate surface area is 184 Å². The first-order valence-electron chi connectivity index (χ1n) is 10.7. The lowest BCUT2D eigenvalue weighted by molar-refractivity contribution is 0.0730. The van der Waals surface area contributed by atoms with Crippen molar-refractivity contribution in [2.45, 2.75) is 31.1 Å². The van der Waals surface area contributed by atoms with E-state index in [0.29, 0.717) is 45.0 Å². The fraction of sp³-hybridized carbons (Fsp3) is 0.435. The topological polar surface area (TPSA) is 84.9 Å². The lowest BCUT2D eigenvalue weighted by Gasteiger charge is -2.26. The molecule has 1 saturated heterocycles. The van der Waals surface area contributed by atoms with Crippen LogP contribution in [0.3, 0.4) is 0 Å². The maximum absolute atomic E-state index is 12.7. The van der Waals surface area contributed by atoms with E-state index in [1.54, 1.807) is 12.1 Å². The van der Waals surface area contributed by atoms with E-state index in [0.717, 1.165) is 30.6 Å². The van der Waals surface area contributed by atoms with Gasteiger partial charge in [0, 0.05) is 25.2 Å². The van der Waals surface area contributed by atoms with Crippen LogP contribution in [-0.2, 0) is 21.2 Å². The molecule has 0 aromatic heterocycles. The van der Waals surface area contributed by atoms with Gasteiger partial charge in [0.05, 0.1) is 24.7 Å². The Morgan fingerprint density at radius 3 is 2.52 bits per heavy atom. The van der Waals surface area contributed by atoms with E-state index in [2.05, 4.69) is 12.2 Å². The van der Waals surface area contributed by atoms with Gasteiger partial charge in [0.1, 0.15) is 5.75 Å². The zero-order chi connectivity index (χ0) is 22.1. The predicted molar refractivity (Wildman–Crippen MR) is 119 cm³/mol. The van der Waals surface area contributed by atoms with E-state index in [-0.39, 0.29) is 10.8 Å². The molecule has 1 aliphatic heterocycles. The number of para-hydroxylation sites is 1. The number of amides is 1. The van der Waals surface area contributed by atoms with Crippen LogP contribution in [0.1, 0.15) is 35.7 Å². The quantitative estimate of drug-likeness (QED) is 0.568. The van der Waals surface area contributed by atoms with Crippen LogP contribution < -0.4 is 10.1 Å². The van der Waals surface area contributed by atoms with Gasteiger partial charge < -0.3 is 14.8 Å². The first-order chi connectivity index (χ1) is 15.0. The molecule has 2 aromatic carbocycles. The summed E-state index contributed by atoms with van der Waals surface area (Å²) >= 11 is 0.